The van der Waals surface area contributed by atoms with Gasteiger partial charge in [0.05, 0.1) is 11.1 Å². The molecule has 0 radical (unpaired) electrons. The summed E-state index contributed by atoms with van der Waals surface area (Å²) in [7, 11) is 0. The summed E-state index contributed by atoms with van der Waals surface area (Å²) in [6, 6.07) is 10.2. The number of hydrogen-bond donors (Lipinski definition) is 1. The number of nitriles is 1. The Hall–Kier alpha value is -0.690. The normalized spacial score (nSPS) is 13.9. The van der Waals surface area contributed by atoms with Crippen molar-refractivity contribution in [2.45, 2.75) is 37.1 Å². The molecular formula is C14H19ClN2S. The summed E-state index contributed by atoms with van der Waals surface area (Å²) < 4.78 is 0. The van der Waals surface area contributed by atoms with Gasteiger partial charge in [0.15, 0.2) is 0 Å². The SMILES string of the molecule is CCNC(C)(C#N)CCCSc1ccccc1Cl. The van der Waals surface area contributed by atoms with E-state index in [9.17, 15) is 0 Å². The van der Waals surface area contributed by atoms with Crippen LogP contribution >= 0.6 is 23.4 Å². The third-order valence-corrected chi connectivity index (χ3v) is 4.33. The molecule has 0 heterocycles. The zero-order chi connectivity index (χ0) is 13.4. The van der Waals surface area contributed by atoms with Crippen molar-refractivity contribution >= 4 is 23.4 Å². The Morgan fingerprint density at radius 1 is 1.44 bits per heavy atom. The summed E-state index contributed by atoms with van der Waals surface area (Å²) in [4.78, 5) is 1.11. The van der Waals surface area contributed by atoms with E-state index >= 15 is 0 Å². The Bertz CT molecular complexity index is 417. The highest BCUT2D eigenvalue weighted by Crippen LogP contribution is 2.27. The zero-order valence-electron chi connectivity index (χ0n) is 10.9. The fourth-order valence-corrected chi connectivity index (χ4v) is 2.93. The van der Waals surface area contributed by atoms with E-state index in [1.165, 1.54) is 0 Å². The fraction of sp³-hybridized carbons (Fsp3) is 0.500. The Labute approximate surface area is 119 Å². The summed E-state index contributed by atoms with van der Waals surface area (Å²) in [5.41, 5.74) is -0.407. The lowest BCUT2D eigenvalue weighted by atomic mass is 9.98. The molecule has 0 aromatic heterocycles. The van der Waals surface area contributed by atoms with Crippen LogP contribution in [0.5, 0.6) is 0 Å². The summed E-state index contributed by atoms with van der Waals surface area (Å²) in [5.74, 6) is 0.979. The highest BCUT2D eigenvalue weighted by molar-refractivity contribution is 7.99. The highest BCUT2D eigenvalue weighted by Gasteiger charge is 2.21. The molecule has 0 aliphatic heterocycles. The van der Waals surface area contributed by atoms with Gasteiger partial charge >= 0.3 is 0 Å². The van der Waals surface area contributed by atoms with Crippen molar-refractivity contribution in [1.82, 2.24) is 5.32 Å². The molecular weight excluding hydrogens is 264 g/mol. The average molecular weight is 283 g/mol. The first-order valence-corrected chi connectivity index (χ1v) is 7.51. The number of benzene rings is 1. The number of nitrogens with zero attached hydrogens (tertiary/aromatic N) is 1. The molecule has 1 unspecified atom stereocenters. The van der Waals surface area contributed by atoms with Crippen LogP contribution in [0.3, 0.4) is 0 Å². The third-order valence-electron chi connectivity index (χ3n) is 2.73. The second kappa shape index (κ2) is 7.68. The first-order valence-electron chi connectivity index (χ1n) is 6.15. The maximum Gasteiger partial charge on any atom is 0.103 e. The summed E-state index contributed by atoms with van der Waals surface area (Å²) in [6.07, 6.45) is 1.85. The van der Waals surface area contributed by atoms with Crippen LogP contribution in [-0.4, -0.2) is 17.8 Å². The molecule has 0 aliphatic rings. The molecule has 0 fully saturated rings. The van der Waals surface area contributed by atoms with E-state index in [1.807, 2.05) is 38.1 Å². The van der Waals surface area contributed by atoms with Gasteiger partial charge in [-0.15, -0.1) is 11.8 Å². The minimum Gasteiger partial charge on any atom is -0.300 e. The summed E-state index contributed by atoms with van der Waals surface area (Å²) in [6.45, 7) is 4.80. The van der Waals surface area contributed by atoms with E-state index in [1.54, 1.807) is 11.8 Å². The van der Waals surface area contributed by atoms with Gasteiger partial charge in [-0.25, -0.2) is 0 Å². The standard InChI is InChI=1S/C14H19ClN2S/c1-3-17-14(2,11-16)9-6-10-18-13-8-5-4-7-12(13)15/h4-5,7-8,17H,3,6,9-10H2,1-2H3. The Kier molecular flexibility index (Phi) is 6.56. The molecule has 0 saturated heterocycles. The smallest absolute Gasteiger partial charge is 0.103 e. The molecule has 1 aromatic rings. The van der Waals surface area contributed by atoms with Crippen molar-refractivity contribution in [2.24, 2.45) is 0 Å². The summed E-state index contributed by atoms with van der Waals surface area (Å²) >= 11 is 7.83. The molecule has 98 valence electrons. The summed E-state index contributed by atoms with van der Waals surface area (Å²) in [5, 5.41) is 13.2. The van der Waals surface area contributed by atoms with Crippen LogP contribution in [0.4, 0.5) is 0 Å². The number of nitrogens with one attached hydrogen (secondary N) is 1. The second-order valence-corrected chi connectivity index (χ2v) is 5.90. The maximum atomic E-state index is 9.14. The molecule has 1 atom stereocenters. The van der Waals surface area contributed by atoms with Crippen LogP contribution in [0.25, 0.3) is 0 Å². The highest BCUT2D eigenvalue weighted by atomic mass is 35.5. The predicted octanol–water partition coefficient (Wildman–Crippen LogP) is 4.10. The fourth-order valence-electron chi connectivity index (χ4n) is 1.74. The predicted molar refractivity (Wildman–Crippen MR) is 79.1 cm³/mol. The van der Waals surface area contributed by atoms with Crippen LogP contribution in [-0.2, 0) is 0 Å². The maximum absolute atomic E-state index is 9.14. The Morgan fingerprint density at radius 2 is 2.17 bits per heavy atom. The van der Waals surface area contributed by atoms with E-state index in [-0.39, 0.29) is 0 Å². The van der Waals surface area contributed by atoms with Crippen LogP contribution < -0.4 is 5.32 Å². The van der Waals surface area contributed by atoms with Crippen molar-refractivity contribution in [2.75, 3.05) is 12.3 Å². The lowest BCUT2D eigenvalue weighted by Gasteiger charge is -2.22. The van der Waals surface area contributed by atoms with Crippen LogP contribution in [0, 0.1) is 11.3 Å². The van der Waals surface area contributed by atoms with Crippen molar-refractivity contribution in [3.63, 3.8) is 0 Å². The zero-order valence-corrected chi connectivity index (χ0v) is 12.4. The van der Waals surface area contributed by atoms with Crippen LogP contribution in [0.15, 0.2) is 29.2 Å². The van der Waals surface area contributed by atoms with Crippen LogP contribution in [0.1, 0.15) is 26.7 Å². The number of rotatable bonds is 7. The van der Waals surface area contributed by atoms with Gasteiger partial charge in [-0.3, -0.25) is 5.32 Å². The monoisotopic (exact) mass is 282 g/mol. The first kappa shape index (κ1) is 15.4. The van der Waals surface area contributed by atoms with E-state index in [4.69, 9.17) is 16.9 Å². The first-order chi connectivity index (χ1) is 8.61. The molecule has 2 nitrogen and oxygen atoms in total. The quantitative estimate of drug-likeness (QED) is 0.604. The lowest BCUT2D eigenvalue weighted by Crippen LogP contribution is -2.40. The minimum atomic E-state index is -0.407. The van der Waals surface area contributed by atoms with Gasteiger partial charge in [-0.05, 0) is 44.2 Å². The molecule has 0 aliphatic carbocycles. The molecule has 0 bridgehead atoms. The Morgan fingerprint density at radius 3 is 2.78 bits per heavy atom. The van der Waals surface area contributed by atoms with E-state index < -0.39 is 5.54 Å². The van der Waals surface area contributed by atoms with Crippen molar-refractivity contribution in [3.05, 3.63) is 29.3 Å². The van der Waals surface area contributed by atoms with Gasteiger partial charge in [0, 0.05) is 4.90 Å². The molecule has 0 amide bonds. The van der Waals surface area contributed by atoms with E-state index in [0.717, 1.165) is 35.1 Å². The van der Waals surface area contributed by atoms with Gasteiger partial charge < -0.3 is 0 Å². The second-order valence-electron chi connectivity index (χ2n) is 4.36. The molecule has 0 spiro atoms. The van der Waals surface area contributed by atoms with Crippen LogP contribution in [0.2, 0.25) is 5.02 Å². The third kappa shape index (κ3) is 4.89. The molecule has 1 rings (SSSR count). The average Bonchev–Trinajstić information content (AvgIpc) is 2.37. The van der Waals surface area contributed by atoms with Gasteiger partial charge in [-0.1, -0.05) is 30.7 Å². The van der Waals surface area contributed by atoms with Crippen molar-refractivity contribution in [1.29, 1.82) is 5.26 Å². The number of halogens is 1. The van der Waals surface area contributed by atoms with Gasteiger partial charge in [0.2, 0.25) is 0 Å². The topological polar surface area (TPSA) is 35.8 Å². The van der Waals surface area contributed by atoms with Crippen molar-refractivity contribution < 1.29 is 0 Å². The largest absolute Gasteiger partial charge is 0.300 e. The molecule has 18 heavy (non-hydrogen) atoms. The number of thioether (sulfide) groups is 1. The van der Waals surface area contributed by atoms with E-state index in [0.29, 0.717) is 0 Å². The lowest BCUT2D eigenvalue weighted by molar-refractivity contribution is 0.426. The molecule has 4 heteroatoms. The Balaban J connectivity index is 2.35. The minimum absolute atomic E-state index is 0.407. The van der Waals surface area contributed by atoms with Gasteiger partial charge in [0.25, 0.3) is 0 Å². The van der Waals surface area contributed by atoms with Gasteiger partial charge in [-0.2, -0.15) is 5.26 Å². The van der Waals surface area contributed by atoms with Gasteiger partial charge in [0.1, 0.15) is 5.54 Å². The molecule has 1 N–H and O–H groups in total. The van der Waals surface area contributed by atoms with Crippen molar-refractivity contribution in [3.8, 4) is 6.07 Å². The van der Waals surface area contributed by atoms with E-state index in [2.05, 4.69) is 11.4 Å². The molecule has 1 aromatic carbocycles. The molecule has 0 saturated carbocycles. The number of hydrogen-bond acceptors (Lipinski definition) is 3.